The van der Waals surface area contributed by atoms with Crippen LogP contribution >= 0.6 is 11.3 Å². The van der Waals surface area contributed by atoms with Crippen LogP contribution in [-0.2, 0) is 24.1 Å². The lowest BCUT2D eigenvalue weighted by Gasteiger charge is -2.22. The first-order valence-corrected chi connectivity index (χ1v) is 11.1. The third kappa shape index (κ3) is 3.42. The van der Waals surface area contributed by atoms with Crippen LogP contribution in [0.5, 0.6) is 5.75 Å². The molecule has 2 heterocycles. The molecule has 1 unspecified atom stereocenters. The van der Waals surface area contributed by atoms with Gasteiger partial charge in [0, 0.05) is 27.1 Å². The van der Waals surface area contributed by atoms with Crippen LogP contribution in [0.3, 0.4) is 0 Å². The van der Waals surface area contributed by atoms with Crippen LogP contribution in [0.2, 0.25) is 0 Å². The van der Waals surface area contributed by atoms with Crippen LogP contribution in [0.25, 0.3) is 21.3 Å². The Hall–Kier alpha value is -2.40. The van der Waals surface area contributed by atoms with Gasteiger partial charge < -0.3 is 9.84 Å². The summed E-state index contributed by atoms with van der Waals surface area (Å²) in [6, 6.07) is 6.28. The fraction of sp³-hybridized carbons (Fsp3) is 0.417. The molecule has 0 spiro atoms. The van der Waals surface area contributed by atoms with Crippen molar-refractivity contribution >= 4 is 27.5 Å². The monoisotopic (exact) mass is 409 g/mol. The summed E-state index contributed by atoms with van der Waals surface area (Å²) in [6.07, 6.45) is 4.33. The van der Waals surface area contributed by atoms with Gasteiger partial charge in [0.1, 0.15) is 10.6 Å². The van der Waals surface area contributed by atoms with Crippen LogP contribution in [-0.4, -0.2) is 23.2 Å². The number of aliphatic carboxylic acids is 1. The van der Waals surface area contributed by atoms with E-state index in [1.807, 2.05) is 6.92 Å². The molecule has 1 aromatic carbocycles. The minimum absolute atomic E-state index is 0.0399. The highest BCUT2D eigenvalue weighted by Crippen LogP contribution is 2.48. The number of ether oxygens (including phenoxy) is 1. The summed E-state index contributed by atoms with van der Waals surface area (Å²) < 4.78 is 5.77. The average molecular weight is 410 g/mol. The highest BCUT2D eigenvalue weighted by molar-refractivity contribution is 7.19. The van der Waals surface area contributed by atoms with Gasteiger partial charge in [-0.25, -0.2) is 4.98 Å². The van der Waals surface area contributed by atoms with E-state index in [1.165, 1.54) is 22.4 Å². The molecule has 4 nitrogen and oxygen atoms in total. The SMILES string of the molecule is CCc1ccc(-c2c(CC(=O)O)c(C)nc3sc4c(c23)C(C)CCC4)c(OC)c1. The van der Waals surface area contributed by atoms with E-state index >= 15 is 0 Å². The molecule has 5 heteroatoms. The van der Waals surface area contributed by atoms with E-state index in [4.69, 9.17) is 9.72 Å². The van der Waals surface area contributed by atoms with Crippen molar-refractivity contribution in [3.63, 3.8) is 0 Å². The molecule has 152 valence electrons. The summed E-state index contributed by atoms with van der Waals surface area (Å²) in [5, 5.41) is 10.8. The van der Waals surface area contributed by atoms with E-state index in [0.29, 0.717) is 5.92 Å². The molecule has 0 saturated heterocycles. The van der Waals surface area contributed by atoms with E-state index in [-0.39, 0.29) is 6.42 Å². The first kappa shape index (κ1) is 19.9. The Labute approximate surface area is 175 Å². The van der Waals surface area contributed by atoms with Gasteiger partial charge in [0.2, 0.25) is 0 Å². The lowest BCUT2D eigenvalue weighted by Crippen LogP contribution is -2.08. The number of aryl methyl sites for hydroxylation is 3. The number of carboxylic acid groups (broad SMARTS) is 1. The maximum Gasteiger partial charge on any atom is 0.307 e. The van der Waals surface area contributed by atoms with Gasteiger partial charge in [-0.15, -0.1) is 11.3 Å². The molecule has 3 aromatic rings. The summed E-state index contributed by atoms with van der Waals surface area (Å²) in [6.45, 7) is 6.33. The highest BCUT2D eigenvalue weighted by Gasteiger charge is 2.28. The predicted molar refractivity (Wildman–Crippen MR) is 118 cm³/mol. The van der Waals surface area contributed by atoms with Crippen molar-refractivity contribution in [2.75, 3.05) is 7.11 Å². The summed E-state index contributed by atoms with van der Waals surface area (Å²) in [4.78, 5) is 19.0. The van der Waals surface area contributed by atoms with E-state index < -0.39 is 5.97 Å². The number of carbonyl (C=O) groups is 1. The van der Waals surface area contributed by atoms with Gasteiger partial charge in [0.15, 0.2) is 0 Å². The molecular weight excluding hydrogens is 382 g/mol. The van der Waals surface area contributed by atoms with Crippen LogP contribution in [0.1, 0.15) is 59.9 Å². The second-order valence-corrected chi connectivity index (χ2v) is 9.01. The van der Waals surface area contributed by atoms with E-state index in [0.717, 1.165) is 57.6 Å². The number of methoxy groups -OCH3 is 1. The number of carboxylic acids is 1. The zero-order valence-electron chi connectivity index (χ0n) is 17.5. The maximum absolute atomic E-state index is 11.7. The van der Waals surface area contributed by atoms with Gasteiger partial charge in [-0.2, -0.15) is 0 Å². The van der Waals surface area contributed by atoms with Crippen LogP contribution in [0.4, 0.5) is 0 Å². The normalized spacial score (nSPS) is 16.1. The summed E-state index contributed by atoms with van der Waals surface area (Å²) in [5.74, 6) is 0.414. The molecule has 1 atom stereocenters. The standard InChI is InChI=1S/C24H27NO3S/c1-5-15-9-10-16(18(11-15)28-4)22-17(12-20(26)27)14(3)25-24-23(22)21-13(2)7-6-8-19(21)29-24/h9-11,13H,5-8,12H2,1-4H3,(H,26,27). The number of fused-ring (bicyclic) bond motifs is 3. The van der Waals surface area contributed by atoms with Gasteiger partial charge in [0.05, 0.1) is 13.5 Å². The van der Waals surface area contributed by atoms with E-state index in [1.54, 1.807) is 18.4 Å². The molecule has 1 aliphatic rings. The summed E-state index contributed by atoms with van der Waals surface area (Å²) in [5.41, 5.74) is 6.13. The Morgan fingerprint density at radius 2 is 2.17 bits per heavy atom. The Balaban J connectivity index is 2.12. The fourth-order valence-electron chi connectivity index (χ4n) is 4.60. The number of thiophene rings is 1. The summed E-state index contributed by atoms with van der Waals surface area (Å²) in [7, 11) is 1.69. The largest absolute Gasteiger partial charge is 0.496 e. The number of rotatable bonds is 5. The quantitative estimate of drug-likeness (QED) is 0.569. The first-order valence-electron chi connectivity index (χ1n) is 10.3. The number of benzene rings is 1. The second kappa shape index (κ2) is 7.79. The molecule has 4 rings (SSSR count). The van der Waals surface area contributed by atoms with Crippen LogP contribution in [0.15, 0.2) is 18.2 Å². The Kier molecular flexibility index (Phi) is 5.34. The highest BCUT2D eigenvalue weighted by atomic mass is 32.1. The fourth-order valence-corrected chi connectivity index (χ4v) is 5.99. The molecule has 0 bridgehead atoms. The van der Waals surface area contributed by atoms with Crippen molar-refractivity contribution < 1.29 is 14.6 Å². The smallest absolute Gasteiger partial charge is 0.307 e. The molecule has 0 aliphatic heterocycles. The zero-order chi connectivity index (χ0) is 20.7. The molecule has 1 aliphatic carbocycles. The van der Waals surface area contributed by atoms with Gasteiger partial charge in [-0.3, -0.25) is 4.79 Å². The Bertz CT molecular complexity index is 1100. The van der Waals surface area contributed by atoms with Crippen molar-refractivity contribution in [1.82, 2.24) is 4.98 Å². The van der Waals surface area contributed by atoms with E-state index in [9.17, 15) is 9.90 Å². The Morgan fingerprint density at radius 1 is 1.38 bits per heavy atom. The van der Waals surface area contributed by atoms with Crippen molar-refractivity contribution in [3.8, 4) is 16.9 Å². The average Bonchev–Trinajstić information content (AvgIpc) is 3.07. The molecule has 0 saturated carbocycles. The second-order valence-electron chi connectivity index (χ2n) is 7.92. The van der Waals surface area contributed by atoms with Crippen molar-refractivity contribution in [1.29, 1.82) is 0 Å². The molecule has 1 N–H and O–H groups in total. The third-order valence-corrected chi connectivity index (χ3v) is 7.23. The minimum atomic E-state index is -0.836. The number of hydrogen-bond donors (Lipinski definition) is 1. The van der Waals surface area contributed by atoms with Gasteiger partial charge >= 0.3 is 5.97 Å². The topological polar surface area (TPSA) is 59.4 Å². The van der Waals surface area contributed by atoms with Crippen molar-refractivity contribution in [2.45, 2.75) is 58.8 Å². The predicted octanol–water partition coefficient (Wildman–Crippen LogP) is 5.91. The number of pyridine rings is 1. The summed E-state index contributed by atoms with van der Waals surface area (Å²) >= 11 is 1.78. The number of hydrogen-bond acceptors (Lipinski definition) is 4. The van der Waals surface area contributed by atoms with Crippen molar-refractivity contribution in [3.05, 3.63) is 45.5 Å². The lowest BCUT2D eigenvalue weighted by atomic mass is 9.83. The molecule has 0 radical (unpaired) electrons. The van der Waals surface area contributed by atoms with Crippen LogP contribution < -0.4 is 4.74 Å². The molecule has 2 aromatic heterocycles. The molecule has 0 amide bonds. The zero-order valence-corrected chi connectivity index (χ0v) is 18.3. The molecule has 0 fully saturated rings. The molecular formula is C24H27NO3S. The van der Waals surface area contributed by atoms with Gasteiger partial charge in [0.25, 0.3) is 0 Å². The van der Waals surface area contributed by atoms with Gasteiger partial charge in [-0.1, -0.05) is 26.0 Å². The van der Waals surface area contributed by atoms with Crippen LogP contribution in [0, 0.1) is 6.92 Å². The maximum atomic E-state index is 11.7. The number of nitrogens with zero attached hydrogens (tertiary/aromatic N) is 1. The first-order chi connectivity index (χ1) is 13.9. The lowest BCUT2D eigenvalue weighted by molar-refractivity contribution is -0.136. The van der Waals surface area contributed by atoms with Crippen molar-refractivity contribution in [2.24, 2.45) is 0 Å². The van der Waals surface area contributed by atoms with E-state index in [2.05, 4.69) is 32.0 Å². The molecule has 29 heavy (non-hydrogen) atoms. The van der Waals surface area contributed by atoms with Gasteiger partial charge in [-0.05, 0) is 61.3 Å². The third-order valence-electron chi connectivity index (χ3n) is 6.07. The Morgan fingerprint density at radius 3 is 2.86 bits per heavy atom. The minimum Gasteiger partial charge on any atom is -0.496 e. The number of aromatic nitrogens is 1.